The lowest BCUT2D eigenvalue weighted by molar-refractivity contribution is 0.0531. The summed E-state index contributed by atoms with van der Waals surface area (Å²) in [6, 6.07) is 7.15. The smallest absolute Gasteiger partial charge is 0.348 e. The second-order valence-electron chi connectivity index (χ2n) is 6.08. The van der Waals surface area contributed by atoms with Gasteiger partial charge in [0.2, 0.25) is 0 Å². The molecule has 3 aromatic rings. The Kier molecular flexibility index (Phi) is 5.36. The summed E-state index contributed by atoms with van der Waals surface area (Å²) < 4.78 is 5.12. The quantitative estimate of drug-likeness (QED) is 0.677. The van der Waals surface area contributed by atoms with Crippen LogP contribution in [0.3, 0.4) is 0 Å². The summed E-state index contributed by atoms with van der Waals surface area (Å²) >= 11 is 1.29. The first-order chi connectivity index (χ1) is 12.9. The summed E-state index contributed by atoms with van der Waals surface area (Å²) in [7, 11) is 3.43. The average Bonchev–Trinajstić information content (AvgIpc) is 3.00. The Hall–Kier alpha value is -3.00. The molecule has 0 radical (unpaired) electrons. The van der Waals surface area contributed by atoms with Gasteiger partial charge in [-0.25, -0.2) is 14.8 Å². The molecular formula is C19H20N4O3S. The summed E-state index contributed by atoms with van der Waals surface area (Å²) in [6.45, 7) is 3.96. The summed E-state index contributed by atoms with van der Waals surface area (Å²) in [5.74, 6) is 0.199. The largest absolute Gasteiger partial charge is 0.462 e. The monoisotopic (exact) mass is 384 g/mol. The lowest BCUT2D eigenvalue weighted by atomic mass is 10.1. The highest BCUT2D eigenvalue weighted by molar-refractivity contribution is 7.20. The van der Waals surface area contributed by atoms with Crippen molar-refractivity contribution in [2.45, 2.75) is 13.8 Å². The van der Waals surface area contributed by atoms with Crippen molar-refractivity contribution in [2.75, 3.05) is 26.0 Å². The molecule has 140 valence electrons. The minimum atomic E-state index is -0.351. The molecule has 0 saturated heterocycles. The van der Waals surface area contributed by atoms with Gasteiger partial charge in [-0.15, -0.1) is 11.3 Å². The molecule has 2 aromatic heterocycles. The van der Waals surface area contributed by atoms with Crippen LogP contribution < -0.4 is 5.32 Å². The molecule has 7 nitrogen and oxygen atoms in total. The van der Waals surface area contributed by atoms with E-state index in [1.165, 1.54) is 22.6 Å². The third kappa shape index (κ3) is 3.75. The normalized spacial score (nSPS) is 10.7. The molecule has 3 rings (SSSR count). The van der Waals surface area contributed by atoms with Crippen LogP contribution >= 0.6 is 11.3 Å². The van der Waals surface area contributed by atoms with E-state index in [-0.39, 0.29) is 11.9 Å². The number of fused-ring (bicyclic) bond motifs is 1. The molecule has 0 aliphatic carbocycles. The van der Waals surface area contributed by atoms with Gasteiger partial charge in [0.1, 0.15) is 21.9 Å². The zero-order valence-corrected chi connectivity index (χ0v) is 16.4. The molecule has 2 heterocycles. The number of esters is 1. The highest BCUT2D eigenvalue weighted by Crippen LogP contribution is 2.34. The van der Waals surface area contributed by atoms with Crippen molar-refractivity contribution in [3.8, 4) is 0 Å². The van der Waals surface area contributed by atoms with Crippen LogP contribution in [0, 0.1) is 6.92 Å². The van der Waals surface area contributed by atoms with E-state index >= 15 is 0 Å². The van der Waals surface area contributed by atoms with Crippen LogP contribution in [-0.2, 0) is 4.74 Å². The molecule has 0 aliphatic rings. The van der Waals surface area contributed by atoms with Crippen LogP contribution in [0.2, 0.25) is 0 Å². The molecule has 27 heavy (non-hydrogen) atoms. The number of aromatic nitrogens is 2. The van der Waals surface area contributed by atoms with Crippen molar-refractivity contribution in [3.05, 3.63) is 46.6 Å². The Morgan fingerprint density at radius 2 is 1.89 bits per heavy atom. The molecule has 0 aliphatic heterocycles. The Bertz CT molecular complexity index is 996. The fourth-order valence-electron chi connectivity index (χ4n) is 2.65. The van der Waals surface area contributed by atoms with Crippen molar-refractivity contribution >= 4 is 44.9 Å². The van der Waals surface area contributed by atoms with E-state index in [1.54, 1.807) is 33.2 Å². The van der Waals surface area contributed by atoms with E-state index < -0.39 is 0 Å². The van der Waals surface area contributed by atoms with Crippen LogP contribution in [0.15, 0.2) is 30.6 Å². The standard InChI is InChI=1S/C19H20N4O3S/c1-5-26-19(25)15-11(2)14-16(20-10-21-17(14)27-15)22-13-8-6-12(7-9-13)18(24)23(3)4/h6-10H,5H2,1-4H3,(H,20,21,22). The molecule has 0 atom stereocenters. The van der Waals surface area contributed by atoms with E-state index in [9.17, 15) is 9.59 Å². The summed E-state index contributed by atoms with van der Waals surface area (Å²) in [4.78, 5) is 35.5. The van der Waals surface area contributed by atoms with Gasteiger partial charge in [0.25, 0.3) is 5.91 Å². The first kappa shape index (κ1) is 18.8. The molecule has 0 spiro atoms. The zero-order chi connectivity index (χ0) is 19.6. The van der Waals surface area contributed by atoms with Gasteiger partial charge in [0.05, 0.1) is 12.0 Å². The third-order valence-corrected chi connectivity index (χ3v) is 5.17. The molecule has 1 N–H and O–H groups in total. The maximum atomic E-state index is 12.1. The van der Waals surface area contributed by atoms with Crippen molar-refractivity contribution in [3.63, 3.8) is 0 Å². The SMILES string of the molecule is CCOC(=O)c1sc2ncnc(Nc3ccc(C(=O)N(C)C)cc3)c2c1C. The molecule has 0 bridgehead atoms. The number of aryl methyl sites for hydroxylation is 1. The van der Waals surface area contributed by atoms with Crippen molar-refractivity contribution in [1.82, 2.24) is 14.9 Å². The number of amides is 1. The topological polar surface area (TPSA) is 84.4 Å². The number of ether oxygens (including phenoxy) is 1. The van der Waals surface area contributed by atoms with Gasteiger partial charge in [-0.3, -0.25) is 4.79 Å². The van der Waals surface area contributed by atoms with Crippen LogP contribution in [0.25, 0.3) is 10.2 Å². The van der Waals surface area contributed by atoms with E-state index in [1.807, 2.05) is 19.1 Å². The minimum absolute atomic E-state index is 0.0567. The highest BCUT2D eigenvalue weighted by atomic mass is 32.1. The number of benzene rings is 1. The van der Waals surface area contributed by atoms with Gasteiger partial charge in [-0.05, 0) is 43.7 Å². The van der Waals surface area contributed by atoms with Gasteiger partial charge in [0.15, 0.2) is 0 Å². The molecule has 0 saturated carbocycles. The Morgan fingerprint density at radius 1 is 1.19 bits per heavy atom. The first-order valence-corrected chi connectivity index (χ1v) is 9.24. The zero-order valence-electron chi connectivity index (χ0n) is 15.6. The van der Waals surface area contributed by atoms with Gasteiger partial charge in [-0.2, -0.15) is 0 Å². The Morgan fingerprint density at radius 3 is 2.52 bits per heavy atom. The molecule has 0 unspecified atom stereocenters. The number of thiophene rings is 1. The number of hydrogen-bond acceptors (Lipinski definition) is 7. The fraction of sp³-hybridized carbons (Fsp3) is 0.263. The second-order valence-corrected chi connectivity index (χ2v) is 7.08. The van der Waals surface area contributed by atoms with Crippen molar-refractivity contribution in [2.24, 2.45) is 0 Å². The number of carbonyl (C=O) groups is 2. The van der Waals surface area contributed by atoms with Crippen LogP contribution in [0.1, 0.15) is 32.5 Å². The number of rotatable bonds is 5. The number of nitrogens with one attached hydrogen (secondary N) is 1. The first-order valence-electron chi connectivity index (χ1n) is 8.42. The van der Waals surface area contributed by atoms with Gasteiger partial charge in [-0.1, -0.05) is 0 Å². The molecule has 0 fully saturated rings. The van der Waals surface area contributed by atoms with E-state index in [2.05, 4.69) is 15.3 Å². The lowest BCUT2D eigenvalue weighted by Gasteiger charge is -2.11. The number of nitrogens with zero attached hydrogens (tertiary/aromatic N) is 3. The van der Waals surface area contributed by atoms with Gasteiger partial charge >= 0.3 is 5.97 Å². The van der Waals surface area contributed by atoms with Crippen LogP contribution in [0.4, 0.5) is 11.5 Å². The van der Waals surface area contributed by atoms with Gasteiger partial charge in [0, 0.05) is 25.3 Å². The maximum Gasteiger partial charge on any atom is 0.348 e. The predicted octanol–water partition coefficient (Wildman–Crippen LogP) is 3.62. The lowest BCUT2D eigenvalue weighted by Crippen LogP contribution is -2.21. The summed E-state index contributed by atoms with van der Waals surface area (Å²) in [6.07, 6.45) is 1.46. The van der Waals surface area contributed by atoms with Gasteiger partial charge < -0.3 is 15.0 Å². The Labute approximate surface area is 161 Å². The van der Waals surface area contributed by atoms with Crippen LogP contribution in [-0.4, -0.2) is 47.4 Å². The summed E-state index contributed by atoms with van der Waals surface area (Å²) in [5.41, 5.74) is 2.18. The fourth-order valence-corrected chi connectivity index (χ4v) is 3.69. The number of hydrogen-bond donors (Lipinski definition) is 1. The second kappa shape index (κ2) is 7.71. The maximum absolute atomic E-state index is 12.1. The summed E-state index contributed by atoms with van der Waals surface area (Å²) in [5, 5.41) is 4.04. The molecular weight excluding hydrogens is 364 g/mol. The van der Waals surface area contributed by atoms with Crippen molar-refractivity contribution < 1.29 is 14.3 Å². The predicted molar refractivity (Wildman–Crippen MR) is 106 cm³/mol. The average molecular weight is 384 g/mol. The molecule has 1 amide bonds. The van der Waals surface area contributed by atoms with E-state index in [0.717, 1.165) is 16.6 Å². The van der Waals surface area contributed by atoms with Crippen molar-refractivity contribution in [1.29, 1.82) is 0 Å². The highest BCUT2D eigenvalue weighted by Gasteiger charge is 2.20. The Balaban J connectivity index is 1.93. The number of carbonyl (C=O) groups excluding carboxylic acids is 2. The third-order valence-electron chi connectivity index (χ3n) is 3.99. The van der Waals surface area contributed by atoms with Crippen LogP contribution in [0.5, 0.6) is 0 Å². The number of anilines is 2. The molecule has 8 heteroatoms. The van der Waals surface area contributed by atoms with E-state index in [4.69, 9.17) is 4.74 Å². The minimum Gasteiger partial charge on any atom is -0.462 e. The van der Waals surface area contributed by atoms with E-state index in [0.29, 0.717) is 27.7 Å². The molecule has 1 aromatic carbocycles.